The Balaban J connectivity index is 1.96. The van der Waals surface area contributed by atoms with Crippen LogP contribution >= 0.6 is 0 Å². The van der Waals surface area contributed by atoms with Crippen LogP contribution in [0.1, 0.15) is 12.1 Å². The lowest BCUT2D eigenvalue weighted by Crippen LogP contribution is -2.17. The monoisotopic (exact) mass is 238 g/mol. The Morgan fingerprint density at radius 3 is 3.29 bits per heavy atom. The van der Waals surface area contributed by atoms with Crippen LogP contribution in [0.4, 0.5) is 0 Å². The standard InChI is InChI=1S/C10H14N4O3/c11-9(14-15)8-1-3-12-10(13-8)17-6-7-2-4-16-5-7/h1,3,7,15H,2,4-6H2,(H2,11,14). The van der Waals surface area contributed by atoms with Gasteiger partial charge in [0.15, 0.2) is 5.84 Å². The largest absolute Gasteiger partial charge is 0.463 e. The summed E-state index contributed by atoms with van der Waals surface area (Å²) in [6, 6.07) is 1.77. The highest BCUT2D eigenvalue weighted by Crippen LogP contribution is 2.13. The molecule has 1 aromatic rings. The van der Waals surface area contributed by atoms with E-state index in [1.165, 1.54) is 6.20 Å². The van der Waals surface area contributed by atoms with Gasteiger partial charge in [0.1, 0.15) is 5.69 Å². The number of amidine groups is 1. The normalized spacial score (nSPS) is 20.5. The molecule has 1 aliphatic heterocycles. The zero-order valence-corrected chi connectivity index (χ0v) is 9.24. The van der Waals surface area contributed by atoms with Crippen LogP contribution in [0.3, 0.4) is 0 Å². The van der Waals surface area contributed by atoms with Gasteiger partial charge in [-0.15, -0.1) is 0 Å². The molecule has 1 unspecified atom stereocenters. The second kappa shape index (κ2) is 5.44. The van der Waals surface area contributed by atoms with Crippen LogP contribution in [0, 0.1) is 5.92 Å². The predicted octanol–water partition coefficient (Wildman–Crippen LogP) is -0.0136. The molecule has 0 radical (unpaired) electrons. The van der Waals surface area contributed by atoms with Gasteiger partial charge in [-0.1, -0.05) is 5.16 Å². The summed E-state index contributed by atoms with van der Waals surface area (Å²) in [5.41, 5.74) is 5.75. The van der Waals surface area contributed by atoms with Crippen molar-refractivity contribution >= 4 is 5.84 Å². The van der Waals surface area contributed by atoms with E-state index in [9.17, 15) is 0 Å². The van der Waals surface area contributed by atoms with E-state index in [1.54, 1.807) is 6.07 Å². The highest BCUT2D eigenvalue weighted by Gasteiger charge is 2.16. The van der Waals surface area contributed by atoms with Gasteiger partial charge in [-0.2, -0.15) is 4.98 Å². The third-order valence-electron chi connectivity index (χ3n) is 2.48. The quantitative estimate of drug-likeness (QED) is 0.331. The van der Waals surface area contributed by atoms with Crippen LogP contribution in [-0.4, -0.2) is 40.8 Å². The van der Waals surface area contributed by atoms with Crippen LogP contribution in [-0.2, 0) is 4.74 Å². The molecule has 3 N–H and O–H groups in total. The van der Waals surface area contributed by atoms with Crippen LogP contribution < -0.4 is 10.5 Å². The van der Waals surface area contributed by atoms with Crippen LogP contribution in [0.25, 0.3) is 0 Å². The Kier molecular flexibility index (Phi) is 3.71. The number of oxime groups is 1. The van der Waals surface area contributed by atoms with Crippen molar-refractivity contribution in [3.63, 3.8) is 0 Å². The average molecular weight is 238 g/mol. The molecule has 2 heterocycles. The maximum Gasteiger partial charge on any atom is 0.317 e. The first kappa shape index (κ1) is 11.6. The van der Waals surface area contributed by atoms with Gasteiger partial charge < -0.3 is 20.4 Å². The van der Waals surface area contributed by atoms with Crippen molar-refractivity contribution in [3.8, 4) is 6.01 Å². The molecule has 17 heavy (non-hydrogen) atoms. The summed E-state index contributed by atoms with van der Waals surface area (Å²) < 4.78 is 10.7. The molecule has 0 amide bonds. The van der Waals surface area contributed by atoms with Crippen molar-refractivity contribution in [2.45, 2.75) is 6.42 Å². The zero-order chi connectivity index (χ0) is 12.1. The Labute approximate surface area is 98.3 Å². The van der Waals surface area contributed by atoms with Gasteiger partial charge >= 0.3 is 6.01 Å². The number of rotatable bonds is 4. The molecule has 7 nitrogen and oxygen atoms in total. The zero-order valence-electron chi connectivity index (χ0n) is 9.24. The molecule has 7 heteroatoms. The molecular weight excluding hydrogens is 224 g/mol. The fourth-order valence-corrected chi connectivity index (χ4v) is 1.51. The van der Waals surface area contributed by atoms with E-state index in [1.807, 2.05) is 0 Å². The summed E-state index contributed by atoms with van der Waals surface area (Å²) in [6.45, 7) is 2.00. The van der Waals surface area contributed by atoms with Crippen molar-refractivity contribution in [2.75, 3.05) is 19.8 Å². The van der Waals surface area contributed by atoms with E-state index >= 15 is 0 Å². The van der Waals surface area contributed by atoms with Gasteiger partial charge in [-0.25, -0.2) is 4.98 Å². The Hall–Kier alpha value is -1.89. The maximum atomic E-state index is 8.53. The molecule has 1 saturated heterocycles. The molecule has 0 bridgehead atoms. The van der Waals surface area contributed by atoms with E-state index in [4.69, 9.17) is 20.4 Å². The maximum absolute atomic E-state index is 8.53. The SMILES string of the molecule is N/C(=N/O)c1ccnc(OCC2CCOC2)n1. The number of aromatic nitrogens is 2. The minimum Gasteiger partial charge on any atom is -0.463 e. The minimum absolute atomic E-state index is 0.0681. The molecule has 0 aliphatic carbocycles. The Morgan fingerprint density at radius 1 is 1.71 bits per heavy atom. The Morgan fingerprint density at radius 2 is 2.59 bits per heavy atom. The molecule has 2 rings (SSSR count). The Bertz CT molecular complexity index is 404. The van der Waals surface area contributed by atoms with E-state index in [2.05, 4.69) is 15.1 Å². The summed E-state index contributed by atoms with van der Waals surface area (Å²) in [7, 11) is 0. The third-order valence-corrected chi connectivity index (χ3v) is 2.48. The van der Waals surface area contributed by atoms with E-state index in [0.29, 0.717) is 24.8 Å². The first-order valence-electron chi connectivity index (χ1n) is 5.31. The average Bonchev–Trinajstić information content (AvgIpc) is 2.89. The fourth-order valence-electron chi connectivity index (χ4n) is 1.51. The van der Waals surface area contributed by atoms with Crippen molar-refractivity contribution in [1.29, 1.82) is 0 Å². The van der Waals surface area contributed by atoms with Gasteiger partial charge in [-0.05, 0) is 12.5 Å². The third kappa shape index (κ3) is 3.04. The van der Waals surface area contributed by atoms with Crippen molar-refractivity contribution in [1.82, 2.24) is 9.97 Å². The molecule has 0 saturated carbocycles. The van der Waals surface area contributed by atoms with Crippen molar-refractivity contribution < 1.29 is 14.7 Å². The smallest absolute Gasteiger partial charge is 0.317 e. The molecular formula is C10H14N4O3. The fraction of sp³-hybridized carbons (Fsp3) is 0.500. The van der Waals surface area contributed by atoms with Crippen molar-refractivity contribution in [3.05, 3.63) is 18.0 Å². The van der Waals surface area contributed by atoms with Crippen molar-refractivity contribution in [2.24, 2.45) is 16.8 Å². The number of ether oxygens (including phenoxy) is 2. The lowest BCUT2D eigenvalue weighted by Gasteiger charge is -2.08. The predicted molar refractivity (Wildman–Crippen MR) is 59.0 cm³/mol. The van der Waals surface area contributed by atoms with E-state index < -0.39 is 0 Å². The topological polar surface area (TPSA) is 103 Å². The highest BCUT2D eigenvalue weighted by molar-refractivity contribution is 5.95. The highest BCUT2D eigenvalue weighted by atomic mass is 16.5. The molecule has 0 spiro atoms. The molecule has 1 aliphatic rings. The van der Waals surface area contributed by atoms with E-state index in [-0.39, 0.29) is 11.8 Å². The van der Waals surface area contributed by atoms with E-state index in [0.717, 1.165) is 13.0 Å². The van der Waals surface area contributed by atoms with Crippen LogP contribution in [0.2, 0.25) is 0 Å². The number of hydrogen-bond donors (Lipinski definition) is 2. The summed E-state index contributed by atoms with van der Waals surface area (Å²) >= 11 is 0. The summed E-state index contributed by atoms with van der Waals surface area (Å²) in [4.78, 5) is 7.97. The molecule has 1 atom stereocenters. The number of nitrogens with zero attached hydrogens (tertiary/aromatic N) is 3. The minimum atomic E-state index is -0.0681. The van der Waals surface area contributed by atoms with Gasteiger partial charge in [0.25, 0.3) is 0 Å². The summed E-state index contributed by atoms with van der Waals surface area (Å²) in [5, 5.41) is 11.4. The molecule has 1 fully saturated rings. The summed E-state index contributed by atoms with van der Waals surface area (Å²) in [5.74, 6) is 0.313. The van der Waals surface area contributed by atoms with Crippen LogP contribution in [0.15, 0.2) is 17.4 Å². The lowest BCUT2D eigenvalue weighted by atomic mass is 10.1. The molecule has 0 aromatic carbocycles. The second-order valence-electron chi connectivity index (χ2n) is 3.75. The van der Waals surface area contributed by atoms with Gasteiger partial charge in [0.05, 0.1) is 13.2 Å². The van der Waals surface area contributed by atoms with Gasteiger partial charge in [0, 0.05) is 18.7 Å². The van der Waals surface area contributed by atoms with Gasteiger partial charge in [0.2, 0.25) is 0 Å². The second-order valence-corrected chi connectivity index (χ2v) is 3.75. The first-order chi connectivity index (χ1) is 8.29. The number of hydrogen-bond acceptors (Lipinski definition) is 6. The first-order valence-corrected chi connectivity index (χ1v) is 5.31. The van der Waals surface area contributed by atoms with Gasteiger partial charge in [-0.3, -0.25) is 0 Å². The molecule has 92 valence electrons. The molecule has 1 aromatic heterocycles. The lowest BCUT2D eigenvalue weighted by molar-refractivity contribution is 0.163. The number of nitrogens with two attached hydrogens (primary N) is 1. The summed E-state index contributed by atoms with van der Waals surface area (Å²) in [6.07, 6.45) is 2.49. The van der Waals surface area contributed by atoms with Crippen LogP contribution in [0.5, 0.6) is 6.01 Å².